The summed E-state index contributed by atoms with van der Waals surface area (Å²) in [5, 5.41) is 0.731. The van der Waals surface area contributed by atoms with E-state index in [1.807, 2.05) is 18.2 Å². The number of thiophene rings is 1. The summed E-state index contributed by atoms with van der Waals surface area (Å²) in [6.45, 7) is 0.597. The summed E-state index contributed by atoms with van der Waals surface area (Å²) in [6, 6.07) is 10.1. The third-order valence-corrected chi connectivity index (χ3v) is 4.44. The van der Waals surface area contributed by atoms with Gasteiger partial charge in [0.05, 0.1) is 5.02 Å². The fraction of sp³-hybridized carbons (Fsp3) is 0.0909. The molecule has 2 N–H and O–H groups in total. The number of hydrogen-bond acceptors (Lipinski definition) is 2. The van der Waals surface area contributed by atoms with Gasteiger partial charge in [0, 0.05) is 20.8 Å². The molecular formula is C11H9BrClNS. The van der Waals surface area contributed by atoms with Gasteiger partial charge in [0.15, 0.2) is 0 Å². The molecule has 0 atom stereocenters. The minimum Gasteiger partial charge on any atom is -0.326 e. The normalized spacial score (nSPS) is 10.6. The maximum Gasteiger partial charge on any atom is 0.0548 e. The van der Waals surface area contributed by atoms with Crippen LogP contribution in [0.15, 0.2) is 34.8 Å². The lowest BCUT2D eigenvalue weighted by molar-refractivity contribution is 1.11. The molecule has 2 aromatic rings. The molecule has 78 valence electrons. The summed E-state index contributed by atoms with van der Waals surface area (Å²) >= 11 is 11.1. The van der Waals surface area contributed by atoms with Crippen LogP contribution in [0.25, 0.3) is 10.4 Å². The number of benzene rings is 1. The molecular weight excluding hydrogens is 294 g/mol. The van der Waals surface area contributed by atoms with Gasteiger partial charge in [0.2, 0.25) is 0 Å². The summed E-state index contributed by atoms with van der Waals surface area (Å²) in [4.78, 5) is 2.41. The Labute approximate surface area is 106 Å². The fourth-order valence-electron chi connectivity index (χ4n) is 1.29. The van der Waals surface area contributed by atoms with Crippen LogP contribution in [0.1, 0.15) is 4.88 Å². The number of nitrogens with two attached hydrogens (primary N) is 1. The van der Waals surface area contributed by atoms with E-state index in [0.29, 0.717) is 6.54 Å². The Morgan fingerprint density at radius 2 is 2.07 bits per heavy atom. The van der Waals surface area contributed by atoms with Crippen LogP contribution in [0.3, 0.4) is 0 Å². The summed E-state index contributed by atoms with van der Waals surface area (Å²) in [5.41, 5.74) is 6.74. The molecule has 1 aromatic heterocycles. The van der Waals surface area contributed by atoms with Crippen molar-refractivity contribution in [3.8, 4) is 10.4 Å². The molecule has 0 bridgehead atoms. The van der Waals surface area contributed by atoms with Gasteiger partial charge in [0.1, 0.15) is 0 Å². The zero-order valence-corrected chi connectivity index (χ0v) is 11.0. The predicted octanol–water partition coefficient (Wildman–Crippen LogP) is 4.29. The average Bonchev–Trinajstić information content (AvgIpc) is 2.70. The smallest absolute Gasteiger partial charge is 0.0548 e. The molecule has 0 unspecified atom stereocenters. The minimum atomic E-state index is 0.597. The van der Waals surface area contributed by atoms with E-state index in [1.165, 1.54) is 9.75 Å². The second kappa shape index (κ2) is 4.66. The van der Waals surface area contributed by atoms with E-state index in [9.17, 15) is 0 Å². The fourth-order valence-corrected chi connectivity index (χ4v) is 2.67. The standard InChI is InChI=1S/C11H9BrClNS/c12-9-5-7(1-3-10(9)13)11-4-2-8(6-14)15-11/h1-5H,6,14H2. The molecule has 1 nitrogen and oxygen atoms in total. The lowest BCUT2D eigenvalue weighted by Crippen LogP contribution is -1.90. The number of halogens is 2. The van der Waals surface area contributed by atoms with Crippen molar-refractivity contribution >= 4 is 38.9 Å². The molecule has 0 aliphatic carbocycles. The van der Waals surface area contributed by atoms with E-state index in [4.69, 9.17) is 17.3 Å². The Hall–Kier alpha value is -0.350. The van der Waals surface area contributed by atoms with Crippen molar-refractivity contribution < 1.29 is 0 Å². The van der Waals surface area contributed by atoms with Crippen molar-refractivity contribution in [2.24, 2.45) is 5.73 Å². The van der Waals surface area contributed by atoms with Crippen LogP contribution >= 0.6 is 38.9 Å². The third kappa shape index (κ3) is 2.42. The van der Waals surface area contributed by atoms with Gasteiger partial charge in [-0.15, -0.1) is 11.3 Å². The van der Waals surface area contributed by atoms with Crippen molar-refractivity contribution in [2.75, 3.05) is 0 Å². The van der Waals surface area contributed by atoms with Crippen molar-refractivity contribution in [1.29, 1.82) is 0 Å². The predicted molar refractivity (Wildman–Crippen MR) is 70.4 cm³/mol. The van der Waals surface area contributed by atoms with Crippen LogP contribution in [-0.2, 0) is 6.54 Å². The van der Waals surface area contributed by atoms with E-state index in [0.717, 1.165) is 15.1 Å². The van der Waals surface area contributed by atoms with E-state index < -0.39 is 0 Å². The van der Waals surface area contributed by atoms with Crippen LogP contribution in [0, 0.1) is 0 Å². The second-order valence-electron chi connectivity index (χ2n) is 3.10. The Balaban J connectivity index is 2.40. The zero-order chi connectivity index (χ0) is 10.8. The Morgan fingerprint density at radius 1 is 1.27 bits per heavy atom. The first-order valence-electron chi connectivity index (χ1n) is 4.45. The highest BCUT2D eigenvalue weighted by Crippen LogP contribution is 2.32. The van der Waals surface area contributed by atoms with Gasteiger partial charge < -0.3 is 5.73 Å². The van der Waals surface area contributed by atoms with Gasteiger partial charge in [0.25, 0.3) is 0 Å². The van der Waals surface area contributed by atoms with Crippen molar-refractivity contribution in [3.05, 3.63) is 44.7 Å². The Morgan fingerprint density at radius 3 is 2.67 bits per heavy atom. The first-order chi connectivity index (χ1) is 7.20. The molecule has 0 amide bonds. The van der Waals surface area contributed by atoms with E-state index in [1.54, 1.807) is 11.3 Å². The largest absolute Gasteiger partial charge is 0.326 e. The average molecular weight is 303 g/mol. The van der Waals surface area contributed by atoms with Gasteiger partial charge in [-0.1, -0.05) is 17.7 Å². The summed E-state index contributed by atoms with van der Waals surface area (Å²) in [7, 11) is 0. The second-order valence-corrected chi connectivity index (χ2v) is 5.53. The van der Waals surface area contributed by atoms with Crippen LogP contribution in [0.5, 0.6) is 0 Å². The lowest BCUT2D eigenvalue weighted by Gasteiger charge is -2.00. The number of hydrogen-bond donors (Lipinski definition) is 1. The van der Waals surface area contributed by atoms with Gasteiger partial charge in [-0.25, -0.2) is 0 Å². The quantitative estimate of drug-likeness (QED) is 0.880. The zero-order valence-electron chi connectivity index (χ0n) is 7.84. The Bertz CT molecular complexity index is 481. The number of rotatable bonds is 2. The molecule has 2 rings (SSSR count). The molecule has 4 heteroatoms. The van der Waals surface area contributed by atoms with Gasteiger partial charge in [-0.05, 0) is 45.8 Å². The maximum absolute atomic E-state index is 5.94. The van der Waals surface area contributed by atoms with Gasteiger partial charge in [-0.2, -0.15) is 0 Å². The van der Waals surface area contributed by atoms with Crippen LogP contribution in [0.4, 0.5) is 0 Å². The van der Waals surface area contributed by atoms with Crippen LogP contribution < -0.4 is 5.73 Å². The first-order valence-corrected chi connectivity index (χ1v) is 6.43. The molecule has 0 radical (unpaired) electrons. The summed E-state index contributed by atoms with van der Waals surface area (Å²) in [5.74, 6) is 0. The molecule has 0 saturated heterocycles. The highest BCUT2D eigenvalue weighted by molar-refractivity contribution is 9.10. The maximum atomic E-state index is 5.94. The van der Waals surface area contributed by atoms with Crippen molar-refractivity contribution in [1.82, 2.24) is 0 Å². The van der Waals surface area contributed by atoms with Gasteiger partial charge in [-0.3, -0.25) is 0 Å². The molecule has 0 spiro atoms. The molecule has 0 saturated carbocycles. The molecule has 15 heavy (non-hydrogen) atoms. The van der Waals surface area contributed by atoms with Crippen LogP contribution in [-0.4, -0.2) is 0 Å². The molecule has 0 aliphatic heterocycles. The Kier molecular flexibility index (Phi) is 3.46. The first kappa shape index (κ1) is 11.1. The molecule has 1 heterocycles. The van der Waals surface area contributed by atoms with Gasteiger partial charge >= 0.3 is 0 Å². The molecule has 0 aliphatic rings. The SMILES string of the molecule is NCc1ccc(-c2ccc(Cl)c(Br)c2)s1. The van der Waals surface area contributed by atoms with E-state index in [-0.39, 0.29) is 0 Å². The summed E-state index contributed by atoms with van der Waals surface area (Å²) in [6.07, 6.45) is 0. The molecule has 1 aromatic carbocycles. The monoisotopic (exact) mass is 301 g/mol. The highest BCUT2D eigenvalue weighted by atomic mass is 79.9. The topological polar surface area (TPSA) is 26.0 Å². The van der Waals surface area contributed by atoms with E-state index >= 15 is 0 Å². The highest BCUT2D eigenvalue weighted by Gasteiger charge is 2.04. The van der Waals surface area contributed by atoms with E-state index in [2.05, 4.69) is 28.1 Å². The minimum absolute atomic E-state index is 0.597. The van der Waals surface area contributed by atoms with Crippen LogP contribution in [0.2, 0.25) is 5.02 Å². The van der Waals surface area contributed by atoms with Crippen molar-refractivity contribution in [3.63, 3.8) is 0 Å². The summed E-state index contributed by atoms with van der Waals surface area (Å²) < 4.78 is 0.921. The lowest BCUT2D eigenvalue weighted by atomic mass is 10.2. The molecule has 0 fully saturated rings. The van der Waals surface area contributed by atoms with Crippen molar-refractivity contribution in [2.45, 2.75) is 6.54 Å². The third-order valence-electron chi connectivity index (χ3n) is 2.07.